The highest BCUT2D eigenvalue weighted by Crippen LogP contribution is 2.27. The van der Waals surface area contributed by atoms with Crippen molar-refractivity contribution in [2.75, 3.05) is 36.1 Å². The quantitative estimate of drug-likeness (QED) is 0.205. The number of hydrogen-bond donors (Lipinski definition) is 2. The van der Waals surface area contributed by atoms with Crippen LogP contribution in [0.3, 0.4) is 0 Å². The lowest BCUT2D eigenvalue weighted by atomic mass is 9.91. The number of sulfone groups is 2. The summed E-state index contributed by atoms with van der Waals surface area (Å²) in [4.78, 5) is 24.5. The maximum Gasteiger partial charge on any atom is 0.246 e. The molecule has 4 aromatic carbocycles. The molecule has 0 spiro atoms. The van der Waals surface area contributed by atoms with E-state index in [-0.39, 0.29) is 52.2 Å². The zero-order valence-corrected chi connectivity index (χ0v) is 31.1. The van der Waals surface area contributed by atoms with Gasteiger partial charge in [0.1, 0.15) is 0 Å². The summed E-state index contributed by atoms with van der Waals surface area (Å²) in [6.45, 7) is 4.41. The average molecular weight is 753 g/mol. The van der Waals surface area contributed by atoms with E-state index >= 15 is 0 Å². The standard InChI is InChI=1S/C19H22N2O3S.C14H11ClO.C5H12N2O2S/c1-15-14-25(23,24)13-12-21(15)20-19(22)18(16-8-4-2-5-9-16)17-10-6-3-7-11-17;15-14(16)13(11-7-3-1-4-8-11)12-9-5-2-6-10-12;1-5-4-10(8,9)3-2-7(5)6/h2-11,15,18H,12-14H2,1H3,(H,20,22);1-10,13H;5H,2-4,6H2,1H3. The fourth-order valence-electron chi connectivity index (χ4n) is 5.91. The third kappa shape index (κ3) is 12.1. The Morgan fingerprint density at radius 2 is 0.980 bits per heavy atom. The van der Waals surface area contributed by atoms with Crippen LogP contribution in [0.25, 0.3) is 0 Å². The summed E-state index contributed by atoms with van der Waals surface area (Å²) in [7, 11) is -5.80. The number of hydrazine groups is 2. The summed E-state index contributed by atoms with van der Waals surface area (Å²) in [5.41, 5.74) is 6.59. The van der Waals surface area contributed by atoms with Crippen molar-refractivity contribution in [3.05, 3.63) is 144 Å². The highest BCUT2D eigenvalue weighted by Gasteiger charge is 2.32. The molecular weight excluding hydrogens is 708 g/mol. The molecule has 10 nitrogen and oxygen atoms in total. The first-order valence-corrected chi connectivity index (χ1v) is 20.7. The SMILES string of the molecule is CC1CS(=O)(=O)CCN1N.CC1CS(=O)(=O)CCN1NC(=O)C(c1ccccc1)c1ccccc1.O=C(Cl)C(c1ccccc1)c1ccccc1. The van der Waals surface area contributed by atoms with Gasteiger partial charge in [-0.1, -0.05) is 121 Å². The largest absolute Gasteiger partial charge is 0.288 e. The molecule has 2 fully saturated rings. The Kier molecular flexibility index (Phi) is 14.5. The third-order valence-electron chi connectivity index (χ3n) is 8.67. The number of amides is 1. The van der Waals surface area contributed by atoms with Crippen LogP contribution in [0.5, 0.6) is 0 Å². The zero-order chi connectivity index (χ0) is 37.0. The van der Waals surface area contributed by atoms with Crippen LogP contribution in [-0.4, -0.2) is 86.2 Å². The molecule has 2 aliphatic heterocycles. The first-order chi connectivity index (χ1) is 24.3. The number of halogens is 1. The zero-order valence-electron chi connectivity index (χ0n) is 28.7. The topological polar surface area (TPSA) is 147 Å². The van der Waals surface area contributed by atoms with E-state index in [1.165, 1.54) is 0 Å². The summed E-state index contributed by atoms with van der Waals surface area (Å²) >= 11 is 5.67. The minimum atomic E-state index is -3.02. The second kappa shape index (κ2) is 18.5. The van der Waals surface area contributed by atoms with Gasteiger partial charge in [-0.05, 0) is 47.7 Å². The number of nitrogens with zero attached hydrogens (tertiary/aromatic N) is 2. The van der Waals surface area contributed by atoms with Crippen LogP contribution in [0.1, 0.15) is 47.9 Å². The van der Waals surface area contributed by atoms with Gasteiger partial charge in [0, 0.05) is 25.2 Å². The van der Waals surface area contributed by atoms with Gasteiger partial charge in [-0.15, -0.1) is 0 Å². The molecule has 2 aliphatic rings. The van der Waals surface area contributed by atoms with Crippen LogP contribution >= 0.6 is 11.6 Å². The highest BCUT2D eigenvalue weighted by atomic mass is 35.5. The maximum atomic E-state index is 13.0. The van der Waals surface area contributed by atoms with Crippen LogP contribution in [-0.2, 0) is 29.3 Å². The predicted octanol–water partition coefficient (Wildman–Crippen LogP) is 4.53. The van der Waals surface area contributed by atoms with E-state index in [9.17, 15) is 26.4 Å². The van der Waals surface area contributed by atoms with Gasteiger partial charge in [-0.3, -0.25) is 20.9 Å². The van der Waals surface area contributed by atoms with E-state index in [0.717, 1.165) is 22.3 Å². The second-order valence-corrected chi connectivity index (χ2v) is 17.5. The molecule has 0 aromatic heterocycles. The molecule has 0 aliphatic carbocycles. The van der Waals surface area contributed by atoms with E-state index in [2.05, 4.69) is 5.43 Å². The van der Waals surface area contributed by atoms with E-state index in [1.807, 2.05) is 135 Å². The van der Waals surface area contributed by atoms with Gasteiger partial charge in [0.05, 0.1) is 34.8 Å². The fraction of sp³-hybridized carbons (Fsp3) is 0.316. The highest BCUT2D eigenvalue weighted by molar-refractivity contribution is 7.91. The molecule has 6 rings (SSSR count). The average Bonchev–Trinajstić information content (AvgIpc) is 3.10. The molecule has 13 heteroatoms. The monoisotopic (exact) mass is 752 g/mol. The molecule has 4 aromatic rings. The predicted molar refractivity (Wildman–Crippen MR) is 202 cm³/mol. The number of rotatable bonds is 7. The summed E-state index contributed by atoms with van der Waals surface area (Å²) in [5, 5.41) is 2.96. The molecular formula is C38H45ClN4O6S2. The molecule has 1 amide bonds. The summed E-state index contributed by atoms with van der Waals surface area (Å²) in [6.07, 6.45) is 0. The van der Waals surface area contributed by atoms with Gasteiger partial charge < -0.3 is 0 Å². The van der Waals surface area contributed by atoms with E-state index in [0.29, 0.717) is 13.1 Å². The lowest BCUT2D eigenvalue weighted by molar-refractivity contribution is -0.127. The lowest BCUT2D eigenvalue weighted by Crippen LogP contribution is -2.56. The number of benzene rings is 4. The number of nitrogens with two attached hydrogens (primary N) is 1. The van der Waals surface area contributed by atoms with Crippen molar-refractivity contribution in [1.29, 1.82) is 0 Å². The summed E-state index contributed by atoms with van der Waals surface area (Å²) in [6, 6.07) is 38.1. The molecule has 2 atom stereocenters. The van der Waals surface area contributed by atoms with E-state index in [1.54, 1.807) is 10.0 Å². The minimum absolute atomic E-state index is 0.0289. The second-order valence-electron chi connectivity index (χ2n) is 12.6. The first kappa shape index (κ1) is 39.9. The molecule has 51 heavy (non-hydrogen) atoms. The molecule has 0 saturated carbocycles. The Morgan fingerprint density at radius 3 is 1.31 bits per heavy atom. The van der Waals surface area contributed by atoms with Gasteiger partial charge in [-0.2, -0.15) is 0 Å². The minimum Gasteiger partial charge on any atom is -0.288 e. The normalized spacial score (nSPS) is 19.9. The van der Waals surface area contributed by atoms with Crippen LogP contribution in [0.15, 0.2) is 121 Å². The first-order valence-electron chi connectivity index (χ1n) is 16.6. The van der Waals surface area contributed by atoms with E-state index < -0.39 is 25.6 Å². The number of nitrogens with one attached hydrogen (secondary N) is 1. The summed E-state index contributed by atoms with van der Waals surface area (Å²) < 4.78 is 45.3. The molecule has 2 unspecified atom stereocenters. The van der Waals surface area contributed by atoms with Crippen LogP contribution in [0.4, 0.5) is 0 Å². The van der Waals surface area contributed by atoms with Crippen LogP contribution < -0.4 is 11.3 Å². The Hall–Kier alpha value is -3.91. The third-order valence-corrected chi connectivity index (χ3v) is 12.5. The smallest absolute Gasteiger partial charge is 0.246 e. The van der Waals surface area contributed by atoms with Crippen molar-refractivity contribution >= 4 is 42.4 Å². The van der Waals surface area contributed by atoms with Gasteiger partial charge in [0.25, 0.3) is 0 Å². The van der Waals surface area contributed by atoms with Gasteiger partial charge >= 0.3 is 0 Å². The van der Waals surface area contributed by atoms with Crippen molar-refractivity contribution in [1.82, 2.24) is 15.4 Å². The number of hydrogen-bond acceptors (Lipinski definition) is 9. The molecule has 2 saturated heterocycles. The molecule has 2 heterocycles. The molecule has 0 bridgehead atoms. The molecule has 0 radical (unpaired) electrons. The Balaban J connectivity index is 0.000000191. The molecule has 3 N–H and O–H groups in total. The van der Waals surface area contributed by atoms with Gasteiger partial charge in [0.2, 0.25) is 11.1 Å². The van der Waals surface area contributed by atoms with Gasteiger partial charge in [0.15, 0.2) is 19.7 Å². The van der Waals surface area contributed by atoms with Crippen molar-refractivity contribution in [3.63, 3.8) is 0 Å². The lowest BCUT2D eigenvalue weighted by Gasteiger charge is -2.34. The van der Waals surface area contributed by atoms with Crippen LogP contribution in [0, 0.1) is 0 Å². The number of carbonyl (C=O) groups is 2. The number of carbonyl (C=O) groups excluding carboxylic acids is 2. The maximum absolute atomic E-state index is 13.0. The van der Waals surface area contributed by atoms with Crippen molar-refractivity contribution in [2.24, 2.45) is 5.84 Å². The Labute approximate surface area is 306 Å². The Morgan fingerprint density at radius 1 is 0.627 bits per heavy atom. The van der Waals surface area contributed by atoms with Crippen molar-refractivity contribution in [2.45, 2.75) is 37.8 Å². The van der Waals surface area contributed by atoms with Crippen molar-refractivity contribution < 1.29 is 26.4 Å². The fourth-order valence-corrected chi connectivity index (χ4v) is 9.30. The van der Waals surface area contributed by atoms with Crippen molar-refractivity contribution in [3.8, 4) is 0 Å². The Bertz CT molecular complexity index is 1840. The van der Waals surface area contributed by atoms with E-state index in [4.69, 9.17) is 17.4 Å². The van der Waals surface area contributed by atoms with Crippen LogP contribution in [0.2, 0.25) is 0 Å². The molecule has 272 valence electrons. The summed E-state index contributed by atoms with van der Waals surface area (Å²) in [5.74, 6) is 5.04. The van der Waals surface area contributed by atoms with Gasteiger partial charge in [-0.25, -0.2) is 26.9 Å².